The van der Waals surface area contributed by atoms with Crippen molar-refractivity contribution >= 4 is 27.5 Å². The summed E-state index contributed by atoms with van der Waals surface area (Å²) in [5.41, 5.74) is 0.943. The third kappa shape index (κ3) is 3.60. The highest BCUT2D eigenvalue weighted by molar-refractivity contribution is 7.89. The van der Waals surface area contributed by atoms with Crippen molar-refractivity contribution < 1.29 is 27.5 Å². The molecule has 1 aromatic rings. The van der Waals surface area contributed by atoms with E-state index in [9.17, 15) is 18.0 Å². The van der Waals surface area contributed by atoms with Crippen molar-refractivity contribution in [1.29, 1.82) is 0 Å². The molecule has 3 heterocycles. The van der Waals surface area contributed by atoms with Crippen LogP contribution in [0.1, 0.15) is 25.3 Å². The maximum atomic E-state index is 13.5. The standard InChI is InChI=1S/C19H25N3O6S/c1-12-10-14-16(28-13(2)18(23)20-14)11-17(12)29(25,26)22-5-3-4-15(22)19(24)21-6-8-27-9-7-21/h10-11,13,15H,3-9H2,1-2H3,(H,20,23)/t13-,15-/m0/s1. The number of aryl methyl sites for hydroxylation is 1. The molecule has 1 aromatic carbocycles. The number of sulfonamides is 1. The van der Waals surface area contributed by atoms with Crippen LogP contribution in [0.2, 0.25) is 0 Å². The fourth-order valence-electron chi connectivity index (χ4n) is 4.02. The molecule has 0 radical (unpaired) electrons. The molecule has 0 bridgehead atoms. The summed E-state index contributed by atoms with van der Waals surface area (Å²) in [7, 11) is -3.90. The van der Waals surface area contributed by atoms with Gasteiger partial charge < -0.3 is 19.7 Å². The number of morpholine rings is 1. The maximum absolute atomic E-state index is 13.5. The molecule has 9 nitrogen and oxygen atoms in total. The zero-order valence-corrected chi connectivity index (χ0v) is 17.3. The van der Waals surface area contributed by atoms with Gasteiger partial charge in [0.05, 0.1) is 23.8 Å². The Bertz CT molecular complexity index is 942. The number of hydrogen-bond acceptors (Lipinski definition) is 6. The molecule has 158 valence electrons. The van der Waals surface area contributed by atoms with Gasteiger partial charge in [-0.15, -0.1) is 0 Å². The first-order valence-corrected chi connectivity index (χ1v) is 11.2. The highest BCUT2D eigenvalue weighted by atomic mass is 32.2. The Morgan fingerprint density at radius 2 is 1.93 bits per heavy atom. The monoisotopic (exact) mass is 423 g/mol. The molecule has 1 N–H and O–H groups in total. The van der Waals surface area contributed by atoms with Crippen LogP contribution in [0.3, 0.4) is 0 Å². The van der Waals surface area contributed by atoms with Crippen LogP contribution in [0, 0.1) is 6.92 Å². The van der Waals surface area contributed by atoms with Crippen LogP contribution in [-0.4, -0.2) is 74.4 Å². The van der Waals surface area contributed by atoms with Gasteiger partial charge in [0.2, 0.25) is 15.9 Å². The Balaban J connectivity index is 1.65. The first-order chi connectivity index (χ1) is 13.8. The molecule has 10 heteroatoms. The van der Waals surface area contributed by atoms with E-state index >= 15 is 0 Å². The molecule has 0 spiro atoms. The second-order valence-corrected chi connectivity index (χ2v) is 9.43. The number of nitrogens with one attached hydrogen (secondary N) is 1. The lowest BCUT2D eigenvalue weighted by molar-refractivity contribution is -0.138. The van der Waals surface area contributed by atoms with Gasteiger partial charge in [0.1, 0.15) is 11.8 Å². The van der Waals surface area contributed by atoms with E-state index in [1.165, 1.54) is 10.4 Å². The molecule has 2 amide bonds. The lowest BCUT2D eigenvalue weighted by atomic mass is 10.1. The predicted octanol–water partition coefficient (Wildman–Crippen LogP) is 0.726. The Kier molecular flexibility index (Phi) is 5.26. The van der Waals surface area contributed by atoms with Crippen molar-refractivity contribution in [2.24, 2.45) is 0 Å². The number of amides is 2. The first kappa shape index (κ1) is 20.1. The van der Waals surface area contributed by atoms with Gasteiger partial charge in [-0.05, 0) is 38.3 Å². The summed E-state index contributed by atoms with van der Waals surface area (Å²) < 4.78 is 39.1. The number of benzene rings is 1. The first-order valence-electron chi connectivity index (χ1n) is 9.79. The summed E-state index contributed by atoms with van der Waals surface area (Å²) in [6.07, 6.45) is 0.430. The Hall–Kier alpha value is -2.17. The Labute approximate surface area is 170 Å². The van der Waals surface area contributed by atoms with Crippen LogP contribution in [0.4, 0.5) is 5.69 Å². The van der Waals surface area contributed by atoms with E-state index in [1.807, 2.05) is 0 Å². The predicted molar refractivity (Wildman–Crippen MR) is 104 cm³/mol. The van der Waals surface area contributed by atoms with Gasteiger partial charge >= 0.3 is 0 Å². The van der Waals surface area contributed by atoms with Gasteiger partial charge in [-0.2, -0.15) is 4.31 Å². The van der Waals surface area contributed by atoms with Gasteiger partial charge in [-0.25, -0.2) is 8.42 Å². The summed E-state index contributed by atoms with van der Waals surface area (Å²) in [6, 6.07) is 2.35. The van der Waals surface area contributed by atoms with Gasteiger partial charge in [0.25, 0.3) is 5.91 Å². The summed E-state index contributed by atoms with van der Waals surface area (Å²) in [5.74, 6) is -0.123. The summed E-state index contributed by atoms with van der Waals surface area (Å²) in [5, 5.41) is 2.72. The minimum absolute atomic E-state index is 0.0984. The number of ether oxygens (including phenoxy) is 2. The summed E-state index contributed by atoms with van der Waals surface area (Å²) in [6.45, 7) is 5.47. The zero-order chi connectivity index (χ0) is 20.8. The van der Waals surface area contributed by atoms with Crippen LogP contribution in [0.15, 0.2) is 17.0 Å². The van der Waals surface area contributed by atoms with Crippen molar-refractivity contribution in [3.05, 3.63) is 17.7 Å². The third-order valence-corrected chi connectivity index (χ3v) is 7.66. The average molecular weight is 423 g/mol. The number of nitrogens with zero attached hydrogens (tertiary/aromatic N) is 2. The number of carbonyl (C=O) groups excluding carboxylic acids is 2. The SMILES string of the molecule is Cc1cc2c(cc1S(=O)(=O)N1CCC[C@H]1C(=O)N1CCOCC1)O[C@@H](C)C(=O)N2. The van der Waals surface area contributed by atoms with E-state index in [2.05, 4.69) is 5.32 Å². The Morgan fingerprint density at radius 3 is 2.66 bits per heavy atom. The molecule has 2 fully saturated rings. The molecule has 2 saturated heterocycles. The van der Waals surface area contributed by atoms with Crippen molar-refractivity contribution in [2.45, 2.75) is 43.7 Å². The molecule has 2 atom stereocenters. The van der Waals surface area contributed by atoms with Crippen LogP contribution < -0.4 is 10.1 Å². The van der Waals surface area contributed by atoms with Crippen LogP contribution in [0.25, 0.3) is 0 Å². The van der Waals surface area contributed by atoms with E-state index in [0.717, 1.165) is 0 Å². The van der Waals surface area contributed by atoms with Crippen molar-refractivity contribution in [2.75, 3.05) is 38.2 Å². The second kappa shape index (κ2) is 7.58. The lowest BCUT2D eigenvalue weighted by Crippen LogP contribution is -2.51. The fraction of sp³-hybridized carbons (Fsp3) is 0.579. The second-order valence-electron chi connectivity index (χ2n) is 7.57. The van der Waals surface area contributed by atoms with Crippen LogP contribution in [0.5, 0.6) is 5.75 Å². The van der Waals surface area contributed by atoms with E-state index in [1.54, 1.807) is 24.8 Å². The lowest BCUT2D eigenvalue weighted by Gasteiger charge is -2.32. The Morgan fingerprint density at radius 1 is 1.21 bits per heavy atom. The smallest absolute Gasteiger partial charge is 0.265 e. The highest BCUT2D eigenvalue weighted by Gasteiger charge is 2.42. The van der Waals surface area contributed by atoms with E-state index in [-0.39, 0.29) is 16.7 Å². The minimum Gasteiger partial charge on any atom is -0.479 e. The van der Waals surface area contributed by atoms with Crippen LogP contribution >= 0.6 is 0 Å². The van der Waals surface area contributed by atoms with Gasteiger partial charge in [-0.1, -0.05) is 0 Å². The number of carbonyl (C=O) groups is 2. The molecule has 0 aromatic heterocycles. The quantitative estimate of drug-likeness (QED) is 0.768. The fourth-order valence-corrected chi connectivity index (χ4v) is 5.89. The number of rotatable bonds is 3. The minimum atomic E-state index is -3.90. The number of hydrogen-bond donors (Lipinski definition) is 1. The average Bonchev–Trinajstić information content (AvgIpc) is 3.19. The molecule has 3 aliphatic rings. The number of fused-ring (bicyclic) bond motifs is 1. The largest absolute Gasteiger partial charge is 0.479 e. The van der Waals surface area contributed by atoms with Gasteiger partial charge in [0.15, 0.2) is 6.10 Å². The summed E-state index contributed by atoms with van der Waals surface area (Å²) in [4.78, 5) is 26.6. The normalized spacial score (nSPS) is 25.3. The molecular formula is C19H25N3O6S. The van der Waals surface area contributed by atoms with Crippen LogP contribution in [-0.2, 0) is 24.3 Å². The third-order valence-electron chi connectivity index (χ3n) is 5.61. The van der Waals surface area contributed by atoms with Crippen molar-refractivity contribution in [1.82, 2.24) is 9.21 Å². The number of anilines is 1. The van der Waals surface area contributed by atoms with Crippen molar-refractivity contribution in [3.63, 3.8) is 0 Å². The van der Waals surface area contributed by atoms with E-state index < -0.39 is 22.2 Å². The van der Waals surface area contributed by atoms with E-state index in [0.29, 0.717) is 62.7 Å². The maximum Gasteiger partial charge on any atom is 0.265 e. The summed E-state index contributed by atoms with van der Waals surface area (Å²) >= 11 is 0. The molecule has 29 heavy (non-hydrogen) atoms. The van der Waals surface area contributed by atoms with Gasteiger partial charge in [-0.3, -0.25) is 9.59 Å². The highest BCUT2D eigenvalue weighted by Crippen LogP contribution is 2.37. The van der Waals surface area contributed by atoms with Gasteiger partial charge in [0, 0.05) is 25.7 Å². The molecular weight excluding hydrogens is 398 g/mol. The van der Waals surface area contributed by atoms with E-state index in [4.69, 9.17) is 9.47 Å². The topological polar surface area (TPSA) is 105 Å². The molecule has 4 rings (SSSR count). The molecule has 3 aliphatic heterocycles. The molecule has 0 saturated carbocycles. The van der Waals surface area contributed by atoms with Crippen molar-refractivity contribution in [3.8, 4) is 5.75 Å². The molecule has 0 aliphatic carbocycles. The molecule has 0 unspecified atom stereocenters. The zero-order valence-electron chi connectivity index (χ0n) is 16.5.